The van der Waals surface area contributed by atoms with Crippen LogP contribution in [0.1, 0.15) is 28.0 Å². The highest BCUT2D eigenvalue weighted by atomic mass is 16.5. The van der Waals surface area contributed by atoms with Gasteiger partial charge in [-0.25, -0.2) is 4.79 Å². The molecule has 0 saturated carbocycles. The third kappa shape index (κ3) is 3.42. The predicted molar refractivity (Wildman–Crippen MR) is 118 cm³/mol. The van der Waals surface area contributed by atoms with Crippen molar-refractivity contribution in [2.45, 2.75) is 31.5 Å². The van der Waals surface area contributed by atoms with Gasteiger partial charge in [-0.15, -0.1) is 0 Å². The van der Waals surface area contributed by atoms with Gasteiger partial charge in [-0.1, -0.05) is 30.3 Å². The molecule has 3 heterocycles. The van der Waals surface area contributed by atoms with E-state index in [1.54, 1.807) is 12.1 Å². The number of benzene rings is 2. The number of fused-ring (bicyclic) bond motifs is 1. The van der Waals surface area contributed by atoms with Crippen LogP contribution >= 0.6 is 0 Å². The summed E-state index contributed by atoms with van der Waals surface area (Å²) in [5.41, 5.74) is 2.66. The zero-order chi connectivity index (χ0) is 22.3. The van der Waals surface area contributed by atoms with Gasteiger partial charge >= 0.3 is 6.03 Å². The second-order valence-corrected chi connectivity index (χ2v) is 8.37. The average Bonchev–Trinajstić information content (AvgIpc) is 3.25. The average molecular weight is 432 g/mol. The molecule has 3 aromatic rings. The zero-order valence-electron chi connectivity index (χ0n) is 17.7. The van der Waals surface area contributed by atoms with Crippen molar-refractivity contribution in [2.24, 2.45) is 0 Å². The number of imide groups is 1. The van der Waals surface area contributed by atoms with Crippen LogP contribution in [0.15, 0.2) is 54.6 Å². The van der Waals surface area contributed by atoms with Gasteiger partial charge in [-0.3, -0.25) is 14.9 Å². The van der Waals surface area contributed by atoms with Gasteiger partial charge in [0.2, 0.25) is 0 Å². The van der Waals surface area contributed by atoms with E-state index in [2.05, 4.69) is 45.6 Å². The molecule has 1 spiro atoms. The Hall–Kier alpha value is -3.65. The molecule has 0 bridgehead atoms. The van der Waals surface area contributed by atoms with E-state index in [4.69, 9.17) is 4.74 Å². The Morgan fingerprint density at radius 2 is 1.97 bits per heavy atom. The van der Waals surface area contributed by atoms with E-state index in [1.165, 1.54) is 16.6 Å². The third-order valence-corrected chi connectivity index (χ3v) is 6.32. The molecule has 2 atom stereocenters. The second-order valence-electron chi connectivity index (χ2n) is 8.37. The molecule has 2 unspecified atom stereocenters. The quantitative estimate of drug-likeness (QED) is 0.550. The van der Waals surface area contributed by atoms with Gasteiger partial charge in [-0.05, 0) is 48.6 Å². The Bertz CT molecular complexity index is 1220. The number of aryl methyl sites for hydroxylation is 1. The van der Waals surface area contributed by atoms with Gasteiger partial charge in [0, 0.05) is 29.9 Å². The van der Waals surface area contributed by atoms with Gasteiger partial charge in [-0.2, -0.15) is 0 Å². The van der Waals surface area contributed by atoms with Crippen LogP contribution in [0.5, 0.6) is 0 Å². The maximum Gasteiger partial charge on any atom is 0.322 e. The van der Waals surface area contributed by atoms with Crippen LogP contribution in [-0.2, 0) is 16.1 Å². The minimum absolute atomic E-state index is 0.0264. The van der Waals surface area contributed by atoms with E-state index in [-0.39, 0.29) is 12.5 Å². The molecule has 2 aliphatic rings. The van der Waals surface area contributed by atoms with Crippen molar-refractivity contribution in [3.05, 3.63) is 71.4 Å². The maximum absolute atomic E-state index is 12.9. The van der Waals surface area contributed by atoms with E-state index in [9.17, 15) is 14.4 Å². The van der Waals surface area contributed by atoms with Crippen LogP contribution in [0.4, 0.5) is 4.79 Å². The number of hydrogen-bond donors (Lipinski definition) is 3. The maximum atomic E-state index is 12.9. The summed E-state index contributed by atoms with van der Waals surface area (Å²) >= 11 is 0. The molecule has 164 valence electrons. The first kappa shape index (κ1) is 20.3. The fourth-order valence-corrected chi connectivity index (χ4v) is 4.57. The first-order valence-electron chi connectivity index (χ1n) is 10.6. The minimum Gasteiger partial charge on any atom is -0.378 e. The van der Waals surface area contributed by atoms with Gasteiger partial charge in [0.05, 0.1) is 12.6 Å². The fourth-order valence-electron chi connectivity index (χ4n) is 4.57. The number of nitrogens with zero attached hydrogens (tertiary/aromatic N) is 1. The van der Waals surface area contributed by atoms with Gasteiger partial charge in [0.1, 0.15) is 0 Å². The summed E-state index contributed by atoms with van der Waals surface area (Å²) in [6, 6.07) is 16.7. The number of nitrogens with one attached hydrogen (secondary N) is 3. The van der Waals surface area contributed by atoms with Crippen LogP contribution in [0, 0.1) is 6.92 Å². The van der Waals surface area contributed by atoms with Crippen LogP contribution in [0.3, 0.4) is 0 Å². The highest BCUT2D eigenvalue weighted by Gasteiger charge is 2.54. The highest BCUT2D eigenvalue weighted by molar-refractivity contribution is 6.08. The molecule has 2 aromatic carbocycles. The topological polar surface area (TPSA) is 101 Å². The summed E-state index contributed by atoms with van der Waals surface area (Å²) in [6.45, 7) is 3.22. The van der Waals surface area contributed by atoms with Crippen molar-refractivity contribution in [3.63, 3.8) is 0 Å². The van der Waals surface area contributed by atoms with Crippen molar-refractivity contribution < 1.29 is 19.1 Å². The van der Waals surface area contributed by atoms with Crippen LogP contribution < -0.4 is 16.0 Å². The molecule has 5 rings (SSSR count). The molecule has 32 heavy (non-hydrogen) atoms. The van der Waals surface area contributed by atoms with E-state index in [1.807, 2.05) is 24.3 Å². The number of aromatic nitrogens is 1. The van der Waals surface area contributed by atoms with Crippen molar-refractivity contribution in [3.8, 4) is 0 Å². The first-order chi connectivity index (χ1) is 15.5. The minimum atomic E-state index is -1.27. The lowest BCUT2D eigenvalue weighted by molar-refractivity contribution is -0.130. The molecule has 3 N–H and O–H groups in total. The molecule has 8 nitrogen and oxygen atoms in total. The normalized spacial score (nSPS) is 22.7. The Labute approximate surface area is 184 Å². The largest absolute Gasteiger partial charge is 0.378 e. The number of carbonyl (C=O) groups is 3. The summed E-state index contributed by atoms with van der Waals surface area (Å²) in [5.74, 6) is -0.767. The van der Waals surface area contributed by atoms with Crippen molar-refractivity contribution in [1.29, 1.82) is 0 Å². The standard InChI is InChI=1S/C24H24N4O4/c1-15-12-18-4-2-3-5-19(18)28(15)13-16-6-8-17(9-7-16)21(29)25-20-10-11-32-14-24(20)22(30)26-23(31)27-24/h2-9,12,20H,10-11,13-14H2,1H3,(H,25,29)(H2,26,27,30,31). The lowest BCUT2D eigenvalue weighted by Gasteiger charge is -2.38. The van der Waals surface area contributed by atoms with E-state index < -0.39 is 23.5 Å². The number of rotatable bonds is 4. The molecule has 2 aliphatic heterocycles. The van der Waals surface area contributed by atoms with Crippen molar-refractivity contribution in [2.75, 3.05) is 13.2 Å². The predicted octanol–water partition coefficient (Wildman–Crippen LogP) is 2.09. The number of urea groups is 1. The van der Waals surface area contributed by atoms with Crippen molar-refractivity contribution in [1.82, 2.24) is 20.5 Å². The molecule has 0 aliphatic carbocycles. The Morgan fingerprint density at radius 1 is 1.19 bits per heavy atom. The monoisotopic (exact) mass is 432 g/mol. The summed E-state index contributed by atoms with van der Waals surface area (Å²) in [6.07, 6.45) is 0.428. The summed E-state index contributed by atoms with van der Waals surface area (Å²) < 4.78 is 7.67. The third-order valence-electron chi connectivity index (χ3n) is 6.32. The first-order valence-corrected chi connectivity index (χ1v) is 10.6. The van der Waals surface area contributed by atoms with E-state index >= 15 is 0 Å². The van der Waals surface area contributed by atoms with Gasteiger partial charge in [0.25, 0.3) is 11.8 Å². The van der Waals surface area contributed by atoms with Crippen molar-refractivity contribution >= 4 is 28.7 Å². The number of hydrogen-bond acceptors (Lipinski definition) is 4. The van der Waals surface area contributed by atoms with E-state index in [0.29, 0.717) is 25.1 Å². The lowest BCUT2D eigenvalue weighted by atomic mass is 9.86. The smallest absolute Gasteiger partial charge is 0.322 e. The molecule has 2 saturated heterocycles. The van der Waals surface area contributed by atoms with Crippen LogP contribution in [0.25, 0.3) is 10.9 Å². The SMILES string of the molecule is Cc1cc2ccccc2n1Cc1ccc(C(=O)NC2CCOCC23NC(=O)NC3=O)cc1. The summed E-state index contributed by atoms with van der Waals surface area (Å²) in [7, 11) is 0. The second kappa shape index (κ2) is 7.80. The summed E-state index contributed by atoms with van der Waals surface area (Å²) in [4.78, 5) is 37.0. The van der Waals surface area contributed by atoms with E-state index in [0.717, 1.165) is 5.56 Å². The molecule has 4 amide bonds. The van der Waals surface area contributed by atoms with Gasteiger partial charge < -0.3 is 19.9 Å². The number of ether oxygens (including phenoxy) is 1. The Morgan fingerprint density at radius 3 is 2.72 bits per heavy atom. The van der Waals surface area contributed by atoms with Crippen LogP contribution in [0.2, 0.25) is 0 Å². The molecule has 0 radical (unpaired) electrons. The molecular weight excluding hydrogens is 408 g/mol. The molecular formula is C24H24N4O4. The number of amides is 4. The summed E-state index contributed by atoms with van der Waals surface area (Å²) in [5, 5.41) is 9.00. The Balaban J connectivity index is 1.31. The lowest BCUT2D eigenvalue weighted by Crippen LogP contribution is -2.67. The highest BCUT2D eigenvalue weighted by Crippen LogP contribution is 2.24. The number of para-hydroxylation sites is 1. The van der Waals surface area contributed by atoms with Gasteiger partial charge in [0.15, 0.2) is 5.54 Å². The molecule has 1 aromatic heterocycles. The Kier molecular flexibility index (Phi) is 4.94. The molecule has 8 heteroatoms. The molecule has 2 fully saturated rings. The van der Waals surface area contributed by atoms with Crippen LogP contribution in [-0.4, -0.2) is 47.2 Å². The number of carbonyl (C=O) groups excluding carboxylic acids is 3. The fraction of sp³-hybridized carbons (Fsp3) is 0.292. The zero-order valence-corrected chi connectivity index (χ0v) is 17.7.